The lowest BCUT2D eigenvalue weighted by molar-refractivity contribution is -0.120. The van der Waals surface area contributed by atoms with E-state index in [4.69, 9.17) is 11.6 Å². The number of rotatable bonds is 5. The first kappa shape index (κ1) is 23.1. The van der Waals surface area contributed by atoms with E-state index >= 15 is 0 Å². The second-order valence-electron chi connectivity index (χ2n) is 9.06. The standard InChI is InChI=1S/C26H28ClN3O3/c1-16(2)18-6-10-21(11-7-18)30-25(32)22(27)23(26(30)33)28-20-8-4-19(5-9-20)24(31)29-14-12-17(3)13-15-29/h4-11,16-17,28H,12-15H2,1-3H3. The van der Waals surface area contributed by atoms with Gasteiger partial charge in [-0.1, -0.05) is 44.5 Å². The molecule has 2 aromatic carbocycles. The molecule has 33 heavy (non-hydrogen) atoms. The summed E-state index contributed by atoms with van der Waals surface area (Å²) < 4.78 is 0. The zero-order chi connectivity index (χ0) is 23.7. The molecule has 0 unspecified atom stereocenters. The van der Waals surface area contributed by atoms with Crippen molar-refractivity contribution in [3.63, 3.8) is 0 Å². The van der Waals surface area contributed by atoms with Crippen LogP contribution in [0.15, 0.2) is 59.3 Å². The molecule has 4 rings (SSSR count). The molecule has 1 saturated heterocycles. The molecule has 0 bridgehead atoms. The molecule has 2 aliphatic heterocycles. The van der Waals surface area contributed by atoms with E-state index in [0.29, 0.717) is 28.8 Å². The lowest BCUT2D eigenvalue weighted by Gasteiger charge is -2.30. The fourth-order valence-corrected chi connectivity index (χ4v) is 4.30. The number of nitrogens with zero attached hydrogens (tertiary/aromatic N) is 2. The monoisotopic (exact) mass is 465 g/mol. The SMILES string of the molecule is CC1CCN(C(=O)c2ccc(NC3=C(Cl)C(=O)N(c4ccc(C(C)C)cc4)C3=O)cc2)CC1. The van der Waals surface area contributed by atoms with Crippen molar-refractivity contribution in [1.29, 1.82) is 0 Å². The minimum absolute atomic E-state index is 0.00818. The van der Waals surface area contributed by atoms with E-state index in [0.717, 1.165) is 36.4 Å². The fraction of sp³-hybridized carbons (Fsp3) is 0.346. The summed E-state index contributed by atoms with van der Waals surface area (Å²) in [5.74, 6) is -0.0689. The Morgan fingerprint density at radius 1 is 0.970 bits per heavy atom. The lowest BCUT2D eigenvalue weighted by Crippen LogP contribution is -2.37. The summed E-state index contributed by atoms with van der Waals surface area (Å²) in [5, 5.41) is 2.81. The van der Waals surface area contributed by atoms with Crippen molar-refractivity contribution in [1.82, 2.24) is 4.90 Å². The van der Waals surface area contributed by atoms with E-state index < -0.39 is 11.8 Å². The predicted octanol–water partition coefficient (Wildman–Crippen LogP) is 5.12. The van der Waals surface area contributed by atoms with Crippen LogP contribution in [0.4, 0.5) is 11.4 Å². The fourth-order valence-electron chi connectivity index (χ4n) is 4.09. The number of amides is 3. The first-order valence-corrected chi connectivity index (χ1v) is 11.7. The highest BCUT2D eigenvalue weighted by atomic mass is 35.5. The highest BCUT2D eigenvalue weighted by Crippen LogP contribution is 2.31. The van der Waals surface area contributed by atoms with E-state index in [9.17, 15) is 14.4 Å². The highest BCUT2D eigenvalue weighted by Gasteiger charge is 2.39. The summed E-state index contributed by atoms with van der Waals surface area (Å²) in [6.45, 7) is 7.90. The molecule has 1 fully saturated rings. The quantitative estimate of drug-likeness (QED) is 0.622. The van der Waals surface area contributed by atoms with Crippen molar-refractivity contribution in [2.45, 2.75) is 39.5 Å². The van der Waals surface area contributed by atoms with E-state index in [2.05, 4.69) is 26.1 Å². The van der Waals surface area contributed by atoms with Gasteiger partial charge in [-0.15, -0.1) is 0 Å². The molecule has 7 heteroatoms. The molecule has 1 N–H and O–H groups in total. The Labute approximate surface area is 199 Å². The Kier molecular flexibility index (Phi) is 6.56. The molecule has 0 radical (unpaired) electrons. The van der Waals surface area contributed by atoms with Crippen LogP contribution in [-0.2, 0) is 9.59 Å². The molecular formula is C26H28ClN3O3. The molecule has 0 aliphatic carbocycles. The molecule has 0 spiro atoms. The molecule has 172 valence electrons. The van der Waals surface area contributed by atoms with Crippen molar-refractivity contribution in [3.8, 4) is 0 Å². The average Bonchev–Trinajstić information content (AvgIpc) is 3.02. The third kappa shape index (κ3) is 4.67. The topological polar surface area (TPSA) is 69.7 Å². The van der Waals surface area contributed by atoms with Gasteiger partial charge in [-0.05, 0) is 66.6 Å². The number of piperidine rings is 1. The number of carbonyl (C=O) groups is 3. The average molecular weight is 466 g/mol. The van der Waals surface area contributed by atoms with Gasteiger partial charge < -0.3 is 10.2 Å². The second kappa shape index (κ2) is 9.40. The van der Waals surface area contributed by atoms with Gasteiger partial charge >= 0.3 is 0 Å². The van der Waals surface area contributed by atoms with Crippen molar-refractivity contribution >= 4 is 40.7 Å². The largest absolute Gasteiger partial charge is 0.350 e. The minimum atomic E-state index is -0.562. The maximum atomic E-state index is 13.0. The van der Waals surface area contributed by atoms with Gasteiger partial charge in [-0.2, -0.15) is 0 Å². The molecule has 2 aliphatic rings. The van der Waals surface area contributed by atoms with Crippen molar-refractivity contribution < 1.29 is 14.4 Å². The summed E-state index contributed by atoms with van der Waals surface area (Å²) in [4.78, 5) is 41.4. The zero-order valence-electron chi connectivity index (χ0n) is 19.1. The maximum Gasteiger partial charge on any atom is 0.283 e. The van der Waals surface area contributed by atoms with E-state index in [1.54, 1.807) is 36.4 Å². The Hall–Kier alpha value is -3.12. The molecule has 3 amide bonds. The summed E-state index contributed by atoms with van der Waals surface area (Å²) in [7, 11) is 0. The van der Waals surface area contributed by atoms with Crippen LogP contribution in [0.5, 0.6) is 0 Å². The molecule has 0 aromatic heterocycles. The highest BCUT2D eigenvalue weighted by molar-refractivity contribution is 6.53. The number of anilines is 2. The van der Waals surface area contributed by atoms with Crippen LogP contribution < -0.4 is 10.2 Å². The summed E-state index contributed by atoms with van der Waals surface area (Å²) in [6, 6.07) is 14.2. The van der Waals surface area contributed by atoms with Crippen LogP contribution in [0.1, 0.15) is 55.5 Å². The lowest BCUT2D eigenvalue weighted by atomic mass is 9.98. The first-order valence-electron chi connectivity index (χ1n) is 11.3. The molecule has 2 heterocycles. The van der Waals surface area contributed by atoms with Crippen LogP contribution in [0.3, 0.4) is 0 Å². The van der Waals surface area contributed by atoms with Crippen LogP contribution >= 0.6 is 11.6 Å². The van der Waals surface area contributed by atoms with Gasteiger partial charge in [0.25, 0.3) is 17.7 Å². The van der Waals surface area contributed by atoms with Gasteiger partial charge in [0.15, 0.2) is 0 Å². The number of hydrogen-bond acceptors (Lipinski definition) is 4. The number of halogens is 1. The van der Waals surface area contributed by atoms with Crippen LogP contribution in [0, 0.1) is 5.92 Å². The van der Waals surface area contributed by atoms with Crippen molar-refractivity contribution in [3.05, 3.63) is 70.4 Å². The maximum absolute atomic E-state index is 13.0. The second-order valence-corrected chi connectivity index (χ2v) is 9.44. The molecule has 6 nitrogen and oxygen atoms in total. The van der Waals surface area contributed by atoms with Crippen molar-refractivity contribution in [2.75, 3.05) is 23.3 Å². The number of carbonyl (C=O) groups excluding carboxylic acids is 3. The molecule has 0 atom stereocenters. The number of likely N-dealkylation sites (tertiary alicyclic amines) is 1. The van der Waals surface area contributed by atoms with Gasteiger partial charge in [-0.25, -0.2) is 4.90 Å². The summed E-state index contributed by atoms with van der Waals surface area (Å²) in [5.41, 5.74) is 2.78. The van der Waals surface area contributed by atoms with E-state index in [1.165, 1.54) is 0 Å². The first-order chi connectivity index (χ1) is 15.8. The van der Waals surface area contributed by atoms with Gasteiger partial charge in [0.05, 0.1) is 5.69 Å². The molecule has 2 aromatic rings. The third-order valence-corrected chi connectivity index (χ3v) is 6.67. The molecular weight excluding hydrogens is 438 g/mol. The summed E-state index contributed by atoms with van der Waals surface area (Å²) in [6.07, 6.45) is 2.04. The Bertz CT molecular complexity index is 1100. The van der Waals surface area contributed by atoms with Gasteiger partial charge in [0.1, 0.15) is 10.7 Å². The Morgan fingerprint density at radius 2 is 1.58 bits per heavy atom. The van der Waals surface area contributed by atoms with Gasteiger partial charge in [0.2, 0.25) is 0 Å². The van der Waals surface area contributed by atoms with Crippen LogP contribution in [-0.4, -0.2) is 35.7 Å². The van der Waals surface area contributed by atoms with Crippen molar-refractivity contribution in [2.24, 2.45) is 5.92 Å². The number of nitrogens with one attached hydrogen (secondary N) is 1. The van der Waals surface area contributed by atoms with E-state index in [1.807, 2.05) is 17.0 Å². The summed E-state index contributed by atoms with van der Waals surface area (Å²) >= 11 is 6.24. The zero-order valence-corrected chi connectivity index (χ0v) is 19.9. The van der Waals surface area contributed by atoms with E-state index in [-0.39, 0.29) is 16.6 Å². The Balaban J connectivity index is 1.46. The predicted molar refractivity (Wildman–Crippen MR) is 130 cm³/mol. The van der Waals surface area contributed by atoms with Crippen LogP contribution in [0.25, 0.3) is 0 Å². The smallest absolute Gasteiger partial charge is 0.283 e. The number of hydrogen-bond donors (Lipinski definition) is 1. The van der Waals surface area contributed by atoms with Gasteiger partial charge in [0, 0.05) is 24.3 Å². The number of benzene rings is 2. The number of imide groups is 1. The minimum Gasteiger partial charge on any atom is -0.350 e. The normalized spacial score (nSPS) is 17.4. The van der Waals surface area contributed by atoms with Crippen LogP contribution in [0.2, 0.25) is 0 Å². The van der Waals surface area contributed by atoms with Gasteiger partial charge in [-0.3, -0.25) is 14.4 Å². The Morgan fingerprint density at radius 3 is 2.15 bits per heavy atom. The third-order valence-electron chi connectivity index (χ3n) is 6.32. The molecule has 0 saturated carbocycles.